The van der Waals surface area contributed by atoms with E-state index in [2.05, 4.69) is 53.7 Å². The van der Waals surface area contributed by atoms with Gasteiger partial charge in [-0.2, -0.15) is 0 Å². The first-order valence-electron chi connectivity index (χ1n) is 17.8. The fourth-order valence-corrected chi connectivity index (χ4v) is 86.9. The molecule has 0 amide bonds. The van der Waals surface area contributed by atoms with Gasteiger partial charge in [0, 0.05) is 0 Å². The SMILES string of the molecule is CCC[CH2][Sn]([CH2]CCC)([CH2]CCC)[CH]([C@@H](C(=O)OC)[C@@H](O)/C=C/c1ccccc1)[Sn]([CH2]CCC)([CH2]CCC)[CH2]CCC. The summed E-state index contributed by atoms with van der Waals surface area (Å²) in [4.78, 5) is 14.2. The molecule has 0 fully saturated rings. The Kier molecular flexibility index (Phi) is 22.2. The maximum atomic E-state index is 14.2. The number of ether oxygens (including phenoxy) is 1. The Morgan fingerprint density at radius 3 is 1.36 bits per heavy atom. The molecule has 242 valence electrons. The summed E-state index contributed by atoms with van der Waals surface area (Å²) in [6, 6.07) is 10.3. The molecule has 5 heteroatoms. The summed E-state index contributed by atoms with van der Waals surface area (Å²) in [5, 5.41) is 12.2. The van der Waals surface area contributed by atoms with Gasteiger partial charge in [0.25, 0.3) is 0 Å². The average Bonchev–Trinajstić information content (AvgIpc) is 3.02. The van der Waals surface area contributed by atoms with Crippen LogP contribution in [0.15, 0.2) is 36.4 Å². The molecule has 0 aliphatic carbocycles. The Hall–Kier alpha value is -0.0126. The van der Waals surface area contributed by atoms with Gasteiger partial charge in [-0.05, 0) is 0 Å². The minimum absolute atomic E-state index is 0.124. The predicted molar refractivity (Wildman–Crippen MR) is 191 cm³/mol. The first kappa shape index (κ1) is 40.0. The molecule has 0 saturated carbocycles. The van der Waals surface area contributed by atoms with Gasteiger partial charge >= 0.3 is 272 Å². The van der Waals surface area contributed by atoms with Crippen LogP contribution in [0.25, 0.3) is 6.08 Å². The van der Waals surface area contributed by atoms with E-state index < -0.39 is 48.8 Å². The van der Waals surface area contributed by atoms with Crippen molar-refractivity contribution in [2.75, 3.05) is 7.11 Å². The first-order chi connectivity index (χ1) is 20.3. The second kappa shape index (κ2) is 23.3. The zero-order valence-corrected chi connectivity index (χ0v) is 34.5. The summed E-state index contributed by atoms with van der Waals surface area (Å²) in [6.07, 6.45) is 18.3. The zero-order chi connectivity index (χ0) is 31.3. The fourth-order valence-electron chi connectivity index (χ4n) is 7.77. The van der Waals surface area contributed by atoms with Gasteiger partial charge in [-0.15, -0.1) is 0 Å². The van der Waals surface area contributed by atoms with Crippen molar-refractivity contribution in [2.24, 2.45) is 5.92 Å². The third kappa shape index (κ3) is 12.8. The second-order valence-corrected chi connectivity index (χ2v) is 45.5. The van der Waals surface area contributed by atoms with Crippen molar-refractivity contribution in [2.45, 2.75) is 153 Å². The summed E-state index contributed by atoms with van der Waals surface area (Å²) in [7, 11) is 1.57. The van der Waals surface area contributed by atoms with Gasteiger partial charge in [-0.3, -0.25) is 0 Å². The summed E-state index contributed by atoms with van der Waals surface area (Å²) < 4.78 is 14.6. The molecular weight excluding hydrogens is 730 g/mol. The molecular formula is C37H68O3Sn2. The number of benzene rings is 1. The van der Waals surface area contributed by atoms with E-state index in [4.69, 9.17) is 4.74 Å². The van der Waals surface area contributed by atoms with Gasteiger partial charge in [0.1, 0.15) is 0 Å². The number of methoxy groups -OCH3 is 1. The van der Waals surface area contributed by atoms with Crippen LogP contribution < -0.4 is 0 Å². The minimum atomic E-state index is -3.05. The summed E-state index contributed by atoms with van der Waals surface area (Å²) in [6.45, 7) is 14.1. The molecule has 42 heavy (non-hydrogen) atoms. The van der Waals surface area contributed by atoms with Crippen molar-refractivity contribution in [1.29, 1.82) is 0 Å². The maximum absolute atomic E-state index is 14.2. The van der Waals surface area contributed by atoms with Gasteiger partial charge in [0.15, 0.2) is 0 Å². The van der Waals surface area contributed by atoms with E-state index in [1.54, 1.807) is 7.11 Å². The predicted octanol–water partition coefficient (Wildman–Crippen LogP) is 11.5. The number of carbonyl (C=O) groups is 1. The summed E-state index contributed by atoms with van der Waals surface area (Å²) in [5.74, 6) is -0.515. The van der Waals surface area contributed by atoms with E-state index in [1.807, 2.05) is 30.4 Å². The van der Waals surface area contributed by atoms with Crippen molar-refractivity contribution in [3.8, 4) is 0 Å². The number of aliphatic hydroxyl groups is 1. The van der Waals surface area contributed by atoms with Crippen LogP contribution in [0.1, 0.15) is 124 Å². The zero-order valence-electron chi connectivity index (χ0n) is 28.8. The third-order valence-electron chi connectivity index (χ3n) is 9.97. The van der Waals surface area contributed by atoms with Crippen molar-refractivity contribution in [3.63, 3.8) is 0 Å². The van der Waals surface area contributed by atoms with E-state index in [-0.39, 0.29) is 5.97 Å². The monoisotopic (exact) mass is 800 g/mol. The molecule has 0 saturated heterocycles. The number of hydrogen-bond donors (Lipinski definition) is 1. The van der Waals surface area contributed by atoms with Gasteiger partial charge < -0.3 is 0 Å². The Labute approximate surface area is 269 Å². The van der Waals surface area contributed by atoms with E-state index in [0.29, 0.717) is 1.95 Å². The Balaban J connectivity index is 4.09. The van der Waals surface area contributed by atoms with Gasteiger partial charge in [-0.25, -0.2) is 0 Å². The van der Waals surface area contributed by atoms with Crippen molar-refractivity contribution < 1.29 is 14.6 Å². The van der Waals surface area contributed by atoms with Crippen LogP contribution in [-0.4, -0.2) is 61.0 Å². The average molecular weight is 798 g/mol. The molecule has 0 radical (unpaired) electrons. The fraction of sp³-hybridized carbons (Fsp3) is 0.757. The molecule has 2 atom stereocenters. The molecule has 3 nitrogen and oxygen atoms in total. The molecule has 0 aromatic heterocycles. The quantitative estimate of drug-likeness (QED) is 0.0792. The Morgan fingerprint density at radius 2 is 1.05 bits per heavy atom. The molecule has 0 aliphatic heterocycles. The van der Waals surface area contributed by atoms with E-state index in [9.17, 15) is 9.90 Å². The number of esters is 1. The van der Waals surface area contributed by atoms with Crippen LogP contribution in [0.4, 0.5) is 0 Å². The number of hydrogen-bond acceptors (Lipinski definition) is 3. The van der Waals surface area contributed by atoms with Gasteiger partial charge in [0.05, 0.1) is 0 Å². The Morgan fingerprint density at radius 1 is 0.690 bits per heavy atom. The van der Waals surface area contributed by atoms with Crippen LogP contribution in [0.5, 0.6) is 0 Å². The van der Waals surface area contributed by atoms with Crippen molar-refractivity contribution in [1.82, 2.24) is 0 Å². The van der Waals surface area contributed by atoms with Crippen LogP contribution in [0.2, 0.25) is 28.6 Å². The van der Waals surface area contributed by atoms with Crippen LogP contribution in [-0.2, 0) is 9.53 Å². The molecule has 1 N–H and O–H groups in total. The van der Waals surface area contributed by atoms with Crippen molar-refractivity contribution >= 4 is 48.8 Å². The van der Waals surface area contributed by atoms with Crippen LogP contribution in [0, 0.1) is 5.92 Å². The second-order valence-electron chi connectivity index (χ2n) is 13.1. The summed E-state index contributed by atoms with van der Waals surface area (Å²) in [5.41, 5.74) is 1.08. The van der Waals surface area contributed by atoms with Gasteiger partial charge in [0.2, 0.25) is 0 Å². The number of carbonyl (C=O) groups excluding carboxylic acids is 1. The van der Waals surface area contributed by atoms with Crippen LogP contribution in [0.3, 0.4) is 0 Å². The number of rotatable bonds is 25. The van der Waals surface area contributed by atoms with Crippen LogP contribution >= 0.6 is 0 Å². The molecule has 1 aromatic carbocycles. The van der Waals surface area contributed by atoms with Gasteiger partial charge in [-0.1, -0.05) is 0 Å². The normalized spacial score (nSPS) is 14.0. The third-order valence-corrected chi connectivity index (χ3v) is 66.1. The number of unbranched alkanes of at least 4 members (excludes halogenated alkanes) is 6. The molecule has 0 heterocycles. The van der Waals surface area contributed by atoms with E-state index in [1.165, 1.54) is 104 Å². The molecule has 1 aromatic rings. The topological polar surface area (TPSA) is 46.5 Å². The molecule has 0 aliphatic rings. The standard InChI is InChI=1S/C13H14O3.6C4H9.2Sn/c1-10(13(15)16-2)12(14)9-8-11-6-4-3-5-7-11;6*1-3-4-2;;/h1,3-10,12,14H,2H3;6*1,3-4H2,2H3;;/b9-8+;;;;;;;;/t10-,12+;;;;;;;;/m1......../s1. The molecule has 0 spiro atoms. The molecule has 0 unspecified atom stereocenters. The van der Waals surface area contributed by atoms with E-state index >= 15 is 0 Å². The summed E-state index contributed by atoms with van der Waals surface area (Å²) >= 11 is -6.10. The van der Waals surface area contributed by atoms with Crippen molar-refractivity contribution in [3.05, 3.63) is 42.0 Å². The number of aliphatic hydroxyl groups excluding tert-OH is 1. The molecule has 1 rings (SSSR count). The first-order valence-corrected chi connectivity index (χ1v) is 33.2. The molecule has 0 bridgehead atoms. The van der Waals surface area contributed by atoms with E-state index in [0.717, 1.165) is 5.56 Å². The Bertz CT molecular complexity index is 765.